The van der Waals surface area contributed by atoms with Crippen molar-refractivity contribution in [3.63, 3.8) is 0 Å². The molecule has 0 aliphatic carbocycles. The maximum atomic E-state index is 5.17. The Bertz CT molecular complexity index is 534. The van der Waals surface area contributed by atoms with Crippen LogP contribution in [0, 0.1) is 0 Å². The number of methoxy groups -OCH3 is 1. The average Bonchev–Trinajstić information content (AvgIpc) is 2.49. The third kappa shape index (κ3) is 3.95. The molecule has 0 fully saturated rings. The first kappa shape index (κ1) is 13.9. The first-order chi connectivity index (χ1) is 9.33. The number of nitrogens with zero attached hydrogens (tertiary/aromatic N) is 1. The number of ether oxygens (including phenoxy) is 1. The first-order valence-corrected chi connectivity index (χ1v) is 8.18. The van der Waals surface area contributed by atoms with Gasteiger partial charge < -0.3 is 0 Å². The minimum absolute atomic E-state index is 0.352. The van der Waals surface area contributed by atoms with E-state index in [1.807, 2.05) is 25.2 Å². The maximum absolute atomic E-state index is 5.17. The van der Waals surface area contributed by atoms with Crippen LogP contribution < -0.4 is 4.74 Å². The monoisotopic (exact) mass is 319 g/mol. The summed E-state index contributed by atoms with van der Waals surface area (Å²) in [6.45, 7) is 0. The third-order valence-corrected chi connectivity index (χ3v) is 5.21. The van der Waals surface area contributed by atoms with Crippen LogP contribution in [-0.4, -0.2) is 33.7 Å². The Balaban J connectivity index is 2.00. The summed E-state index contributed by atoms with van der Waals surface area (Å²) in [5.74, 6) is 0.906. The molecule has 0 saturated carbocycles. The predicted octanol–water partition coefficient (Wildman–Crippen LogP) is 2.98. The molecular weight excluding hydrogens is 301 g/mol. The van der Waals surface area contributed by atoms with Gasteiger partial charge in [0.2, 0.25) is 0 Å². The van der Waals surface area contributed by atoms with Crippen molar-refractivity contribution in [2.75, 3.05) is 14.2 Å². The van der Waals surface area contributed by atoms with Gasteiger partial charge in [0.25, 0.3) is 0 Å². The van der Waals surface area contributed by atoms with Crippen LogP contribution in [0.2, 0.25) is 0 Å². The molecule has 0 bridgehead atoms. The Hall–Kier alpha value is -1.57. The summed E-state index contributed by atoms with van der Waals surface area (Å²) >= 11 is 0.352. The molecule has 2 aromatic rings. The van der Waals surface area contributed by atoms with Crippen molar-refractivity contribution in [2.45, 2.75) is 5.32 Å². The van der Waals surface area contributed by atoms with Crippen LogP contribution in [-0.2, 0) is 5.32 Å². The summed E-state index contributed by atoms with van der Waals surface area (Å²) in [7, 11) is 3.56. The zero-order valence-electron chi connectivity index (χ0n) is 11.2. The molecule has 0 heterocycles. The number of benzene rings is 2. The van der Waals surface area contributed by atoms with Crippen molar-refractivity contribution >= 4 is 19.6 Å². The summed E-state index contributed by atoms with van der Waals surface area (Å²) in [6, 6.07) is 18.7. The van der Waals surface area contributed by atoms with E-state index < -0.39 is 0 Å². The van der Waals surface area contributed by atoms with Gasteiger partial charge in [-0.25, -0.2) is 0 Å². The number of hydrogen-bond acceptors (Lipinski definition) is 2. The van der Waals surface area contributed by atoms with Gasteiger partial charge in [-0.1, -0.05) is 0 Å². The molecule has 2 nitrogen and oxygen atoms in total. The van der Waals surface area contributed by atoms with Gasteiger partial charge in [0.15, 0.2) is 0 Å². The molecule has 0 N–H and O–H groups in total. The Morgan fingerprint density at radius 3 is 2.32 bits per heavy atom. The Morgan fingerprint density at radius 1 is 1.05 bits per heavy atom. The van der Waals surface area contributed by atoms with Crippen LogP contribution >= 0.6 is 0 Å². The van der Waals surface area contributed by atoms with Gasteiger partial charge in [-0.3, -0.25) is 0 Å². The van der Waals surface area contributed by atoms with Crippen molar-refractivity contribution in [1.29, 1.82) is 0 Å². The van der Waals surface area contributed by atoms with Crippen molar-refractivity contribution in [3.05, 3.63) is 65.7 Å². The van der Waals surface area contributed by atoms with E-state index in [1.54, 1.807) is 7.11 Å². The van der Waals surface area contributed by atoms with Gasteiger partial charge in [-0.05, 0) is 0 Å². The van der Waals surface area contributed by atoms with Crippen LogP contribution in [0.4, 0.5) is 0 Å². The van der Waals surface area contributed by atoms with Crippen LogP contribution in [0.1, 0.15) is 11.1 Å². The van der Waals surface area contributed by atoms with Gasteiger partial charge >= 0.3 is 120 Å². The second-order valence-corrected chi connectivity index (χ2v) is 6.05. The predicted molar refractivity (Wildman–Crippen MR) is 81.4 cm³/mol. The van der Waals surface area contributed by atoms with E-state index >= 15 is 0 Å². The summed E-state index contributed by atoms with van der Waals surface area (Å²) in [6.07, 6.45) is 0. The fraction of sp³-hybridized carbons (Fsp3) is 0.188. The van der Waals surface area contributed by atoms with E-state index in [0.29, 0.717) is 15.0 Å². The Labute approximate surface area is 120 Å². The van der Waals surface area contributed by atoms with Gasteiger partial charge in [-0.2, -0.15) is 0 Å². The molecule has 2 aromatic carbocycles. The number of aliphatic imine (C=N–C) groups is 1. The van der Waals surface area contributed by atoms with E-state index in [2.05, 4.69) is 41.4 Å². The zero-order valence-corrected chi connectivity index (χ0v) is 12.9. The molecule has 0 aromatic heterocycles. The molecule has 0 aliphatic heterocycles. The molecule has 0 radical (unpaired) electrons. The first-order valence-electron chi connectivity index (χ1n) is 6.11. The molecule has 3 heteroatoms. The van der Waals surface area contributed by atoms with Crippen molar-refractivity contribution in [2.24, 2.45) is 4.99 Å². The van der Waals surface area contributed by atoms with Gasteiger partial charge in [0.05, 0.1) is 0 Å². The summed E-state index contributed by atoms with van der Waals surface area (Å²) in [5.41, 5.74) is 2.57. The molecule has 19 heavy (non-hydrogen) atoms. The molecule has 0 atom stereocenters. The fourth-order valence-corrected chi connectivity index (χ4v) is 3.68. The van der Waals surface area contributed by atoms with Crippen LogP contribution in [0.15, 0.2) is 59.6 Å². The molecule has 0 saturated heterocycles. The minimum atomic E-state index is 0.352. The van der Waals surface area contributed by atoms with Crippen molar-refractivity contribution < 1.29 is 4.74 Å². The summed E-state index contributed by atoms with van der Waals surface area (Å²) in [4.78, 5) is 4.43. The molecule has 98 valence electrons. The van der Waals surface area contributed by atoms with E-state index in [4.69, 9.17) is 4.74 Å². The second-order valence-electron chi connectivity index (χ2n) is 4.03. The molecular formula is C16H17NOSe. The summed E-state index contributed by atoms with van der Waals surface area (Å²) < 4.78 is 6.38. The van der Waals surface area contributed by atoms with E-state index in [0.717, 1.165) is 11.1 Å². The Kier molecular flexibility index (Phi) is 5.19. The molecule has 0 spiro atoms. The molecule has 2 rings (SSSR count). The molecule has 0 amide bonds. The van der Waals surface area contributed by atoms with Crippen LogP contribution in [0.5, 0.6) is 5.75 Å². The van der Waals surface area contributed by atoms with Gasteiger partial charge in [-0.15, -0.1) is 0 Å². The third-order valence-electron chi connectivity index (χ3n) is 2.76. The standard InChI is InChI=1S/C16H17NOSe/c1-17-16(14-6-4-3-5-7-14)19-12-13-8-10-15(18-2)11-9-13/h3-11H,12H2,1-2H3. The summed E-state index contributed by atoms with van der Waals surface area (Å²) in [5, 5.41) is 1.05. The average molecular weight is 318 g/mol. The van der Waals surface area contributed by atoms with Gasteiger partial charge in [0.1, 0.15) is 0 Å². The van der Waals surface area contributed by atoms with E-state index in [9.17, 15) is 0 Å². The number of hydrogen-bond donors (Lipinski definition) is 0. The quantitative estimate of drug-likeness (QED) is 0.613. The normalized spacial score (nSPS) is 11.4. The fourth-order valence-electron chi connectivity index (χ4n) is 1.73. The SMILES string of the molecule is CN=C([Se]Cc1ccc(OC)cc1)c1ccccc1. The van der Waals surface area contributed by atoms with Crippen molar-refractivity contribution in [1.82, 2.24) is 0 Å². The molecule has 0 aliphatic rings. The zero-order chi connectivity index (χ0) is 13.5. The van der Waals surface area contributed by atoms with Crippen LogP contribution in [0.25, 0.3) is 0 Å². The topological polar surface area (TPSA) is 21.6 Å². The number of rotatable bonds is 5. The van der Waals surface area contributed by atoms with Crippen LogP contribution in [0.3, 0.4) is 0 Å². The van der Waals surface area contributed by atoms with E-state index in [-0.39, 0.29) is 0 Å². The van der Waals surface area contributed by atoms with E-state index in [1.165, 1.54) is 15.7 Å². The van der Waals surface area contributed by atoms with Crippen molar-refractivity contribution in [3.8, 4) is 5.75 Å². The molecule has 0 unspecified atom stereocenters. The Morgan fingerprint density at radius 2 is 1.74 bits per heavy atom. The van der Waals surface area contributed by atoms with Gasteiger partial charge in [0, 0.05) is 0 Å². The second kappa shape index (κ2) is 7.13.